The molecule has 20 atom stereocenters. The third kappa shape index (κ3) is 29.9. The van der Waals surface area contributed by atoms with Crippen LogP contribution >= 0.6 is 34.8 Å². The highest BCUT2D eigenvalue weighted by Crippen LogP contribution is 2.43. The van der Waals surface area contributed by atoms with Crippen molar-refractivity contribution in [1.29, 1.82) is 0 Å². The zero-order valence-corrected chi connectivity index (χ0v) is 77.0. The molecule has 4 saturated heterocycles. The normalized spacial score (nSPS) is 25.9. The first kappa shape index (κ1) is 99.7. The van der Waals surface area contributed by atoms with E-state index in [-0.39, 0.29) is 92.5 Å². The van der Waals surface area contributed by atoms with E-state index < -0.39 is 155 Å². The highest BCUT2D eigenvalue weighted by atomic mass is 35.6. The Labute approximate surface area is 782 Å². The van der Waals surface area contributed by atoms with Crippen LogP contribution in [0.4, 0.5) is 0 Å². The summed E-state index contributed by atoms with van der Waals surface area (Å²) >= 11 is 19.5. The molecule has 0 unspecified atom stereocenters. The molecule has 700 valence electrons. The van der Waals surface area contributed by atoms with Crippen LogP contribution in [0.5, 0.6) is 0 Å². The van der Waals surface area contributed by atoms with Crippen LogP contribution in [0, 0.1) is 10.8 Å². The Bertz CT molecular complexity index is 4830. The third-order valence-electron chi connectivity index (χ3n) is 22.4. The average molecular weight is 1860 g/mol. The van der Waals surface area contributed by atoms with E-state index in [1.807, 2.05) is 273 Å². The van der Waals surface area contributed by atoms with E-state index in [2.05, 4.69) is 11.9 Å². The van der Waals surface area contributed by atoms with Crippen LogP contribution in [0.25, 0.3) is 0 Å². The van der Waals surface area contributed by atoms with Gasteiger partial charge in [0, 0.05) is 0 Å². The number of aliphatic hydroxyl groups excluding tert-OH is 1. The molecule has 1 amide bonds. The van der Waals surface area contributed by atoms with Gasteiger partial charge in [-0.25, -0.2) is 0 Å². The summed E-state index contributed by atoms with van der Waals surface area (Å²) in [6, 6.07) is 83.8. The lowest BCUT2D eigenvalue weighted by Crippen LogP contribution is -2.70. The van der Waals surface area contributed by atoms with E-state index in [9.17, 15) is 14.7 Å². The van der Waals surface area contributed by atoms with Crippen molar-refractivity contribution in [2.45, 2.75) is 240 Å². The van der Waals surface area contributed by atoms with Crippen molar-refractivity contribution in [2.24, 2.45) is 10.8 Å². The van der Waals surface area contributed by atoms with E-state index in [4.69, 9.17) is 125 Å². The second-order valence-electron chi connectivity index (χ2n) is 34.8. The summed E-state index contributed by atoms with van der Waals surface area (Å²) in [5.41, 5.74) is 4.69. The number of halogens is 3. The zero-order valence-electron chi connectivity index (χ0n) is 74.7. The molecular weight excluding hydrogens is 1740 g/mol. The quantitative estimate of drug-likeness (QED) is 0.0156. The van der Waals surface area contributed by atoms with E-state index >= 15 is 4.79 Å². The Hall–Kier alpha value is -8.72. The molecule has 0 radical (unpaired) electrons. The van der Waals surface area contributed by atoms with Gasteiger partial charge in [0.2, 0.25) is 0 Å². The van der Waals surface area contributed by atoms with Crippen LogP contribution in [0.15, 0.2) is 286 Å². The molecule has 4 aliphatic heterocycles. The minimum absolute atomic E-state index is 0.0278. The number of hydrogen-bond acceptors (Lipinski definition) is 23. The van der Waals surface area contributed by atoms with Gasteiger partial charge in [-0.1, -0.05) is 314 Å². The molecule has 9 aromatic rings. The summed E-state index contributed by atoms with van der Waals surface area (Å²) in [5.74, 6) is -2.45. The molecule has 0 aromatic heterocycles. The highest BCUT2D eigenvalue weighted by molar-refractivity contribution is 6.76. The molecule has 0 spiro atoms. The summed E-state index contributed by atoms with van der Waals surface area (Å²) in [6.07, 6.45) is -24.4. The number of rotatable bonds is 45. The lowest BCUT2D eigenvalue weighted by atomic mass is 9.93. The first-order chi connectivity index (χ1) is 63.5. The molecule has 4 aliphatic rings. The van der Waals surface area contributed by atoms with Crippen LogP contribution in [-0.4, -0.2) is 183 Å². The van der Waals surface area contributed by atoms with Crippen LogP contribution in [0.3, 0.4) is 0 Å². The fraction of sp³-hybridized carbons (Fsp3) is 0.433. The number of amides is 1. The van der Waals surface area contributed by atoms with Crippen molar-refractivity contribution < 1.29 is 109 Å². The minimum Gasteiger partial charge on any atom is -0.454 e. The topological polar surface area (TPSA) is 259 Å². The first-order valence-corrected chi connectivity index (χ1v) is 45.7. The van der Waals surface area contributed by atoms with Crippen molar-refractivity contribution in [3.63, 3.8) is 0 Å². The molecule has 2 N–H and O–H groups in total. The Balaban J connectivity index is 0.986. The van der Waals surface area contributed by atoms with E-state index in [0.29, 0.717) is 24.0 Å². The number of benzene rings is 9. The summed E-state index contributed by atoms with van der Waals surface area (Å²) < 4.78 is 134. The molecule has 9 aromatic carbocycles. The van der Waals surface area contributed by atoms with Gasteiger partial charge in [-0.3, -0.25) is 14.4 Å². The van der Waals surface area contributed by atoms with Gasteiger partial charge in [0.05, 0.1) is 103 Å². The van der Waals surface area contributed by atoms with E-state index in [0.717, 1.165) is 38.9 Å². The molecule has 24 nitrogen and oxygen atoms in total. The molecule has 27 heteroatoms. The lowest BCUT2D eigenvalue weighted by Gasteiger charge is -2.52. The van der Waals surface area contributed by atoms with Gasteiger partial charge in [0.15, 0.2) is 37.4 Å². The highest BCUT2D eigenvalue weighted by Gasteiger charge is 2.61. The summed E-state index contributed by atoms with van der Waals surface area (Å²) in [6.45, 7) is 13.5. The standard InChI is InChI=1S/C104H120Cl3NO23/c1-8-9-37-56-117-96-93(130-100(111)102(2,3)4)89(120-63-76-50-31-16-32-51-76)87(81(124-96)68-115-59-72-42-23-12-24-43-72)128-98-94(131-101(112)103(5,6)7)90(121-64-77-52-33-17-34-53-77)88(82(126-98)69-116-60-73-44-25-13-26-45-73)127-97-92(122-65-78-54-35-18-36-55-78)91(86(119-62-75-48-29-15-30-49-75)80(125-97)67-114-58-71-40-21-11-22-41-71)129-95-83(108-99(110)104(105,106)107)84(109)85(118-61-74-46-27-14-28-47-74)79(123-95)66-113-57-70-38-19-10-20-39-70/h8,10-36,38-55,79-98,109H,1,9,37,56-69H2,2-7H3,(H,108,110)/t79-,80-,81-,82-,83-,84-,85+,86+,87-,88+,89+,90+,91+,92-,93-,94-,95+,96-,97-,98+/m1/s1. The summed E-state index contributed by atoms with van der Waals surface area (Å²) in [5, 5.41) is 16.1. The van der Waals surface area contributed by atoms with Gasteiger partial charge >= 0.3 is 11.9 Å². The number of unbranched alkanes of at least 4 members (excludes halogenated alkanes) is 1. The molecule has 13 rings (SSSR count). The fourth-order valence-electron chi connectivity index (χ4n) is 15.4. The zero-order chi connectivity index (χ0) is 92.0. The first-order valence-electron chi connectivity index (χ1n) is 44.5. The SMILES string of the molecule is C=CCCCO[C@@H]1O[C@H](COCc2ccccc2)[C@@H](O[C@@H]2O[C@H](COCc3ccccc3)[C@H](O[C@H]3O[C@H](COCc4ccccc4)[C@H](OCc4ccccc4)[C@H](O[C@@H]4O[C@H](COCc5ccccc5)[C@H](OCc5ccccc5)[C@H](O)[C@H]4NC(=O)C(Cl)(Cl)Cl)[C@H]3OCc3ccccc3)[C@H](OCc3ccccc3)[C@H]2OC(=O)C(C)(C)C)[C@H](OCc2ccccc2)[C@H]1OC(=O)C(C)(C)C. The molecule has 0 aliphatic carbocycles. The van der Waals surface area contributed by atoms with Crippen molar-refractivity contribution in [1.82, 2.24) is 5.32 Å². The molecule has 4 heterocycles. The molecule has 131 heavy (non-hydrogen) atoms. The number of ether oxygens (including phenoxy) is 19. The summed E-state index contributed by atoms with van der Waals surface area (Å²) in [4.78, 5) is 45.0. The number of carbonyl (C=O) groups excluding carboxylic acids is 3. The average Bonchev–Trinajstić information content (AvgIpc) is 0.755. The van der Waals surface area contributed by atoms with Crippen LogP contribution in [0.1, 0.15) is 104 Å². The fourth-order valence-corrected chi connectivity index (χ4v) is 15.6. The monoisotopic (exact) mass is 1860 g/mol. The number of alkyl halides is 3. The van der Waals surface area contributed by atoms with Gasteiger partial charge in [-0.15, -0.1) is 6.58 Å². The Morgan fingerprint density at radius 1 is 0.336 bits per heavy atom. The van der Waals surface area contributed by atoms with Gasteiger partial charge in [0.25, 0.3) is 9.70 Å². The minimum atomic E-state index is -2.61. The number of hydrogen-bond donors (Lipinski definition) is 2. The van der Waals surface area contributed by atoms with E-state index in [1.165, 1.54) is 0 Å². The van der Waals surface area contributed by atoms with Crippen LogP contribution < -0.4 is 5.32 Å². The smallest absolute Gasteiger partial charge is 0.311 e. The molecule has 4 fully saturated rings. The van der Waals surface area contributed by atoms with Crippen molar-refractivity contribution in [3.8, 4) is 0 Å². The van der Waals surface area contributed by atoms with Crippen molar-refractivity contribution >= 4 is 52.6 Å². The third-order valence-corrected chi connectivity index (χ3v) is 22.9. The van der Waals surface area contributed by atoms with Crippen molar-refractivity contribution in [2.75, 3.05) is 33.0 Å². The maximum atomic E-state index is 15.6. The predicted molar refractivity (Wildman–Crippen MR) is 491 cm³/mol. The predicted octanol–water partition coefficient (Wildman–Crippen LogP) is 17.0. The number of aliphatic hydroxyl groups is 1. The Morgan fingerprint density at radius 3 is 0.931 bits per heavy atom. The summed E-state index contributed by atoms with van der Waals surface area (Å²) in [7, 11) is 0. The molecule has 0 bridgehead atoms. The maximum absolute atomic E-state index is 15.6. The Kier molecular flexibility index (Phi) is 38.1. The number of esters is 2. The lowest BCUT2D eigenvalue weighted by molar-refractivity contribution is -0.397. The molecule has 0 saturated carbocycles. The van der Waals surface area contributed by atoms with Crippen LogP contribution in [0.2, 0.25) is 0 Å². The van der Waals surface area contributed by atoms with Crippen LogP contribution in [-0.2, 0) is 164 Å². The van der Waals surface area contributed by atoms with Crippen molar-refractivity contribution in [3.05, 3.63) is 336 Å². The van der Waals surface area contributed by atoms with Gasteiger partial charge < -0.3 is 100 Å². The Morgan fingerprint density at radius 2 is 0.603 bits per heavy atom. The molecular formula is C104H120Cl3NO23. The van der Waals surface area contributed by atoms with E-state index in [1.54, 1.807) is 47.6 Å². The van der Waals surface area contributed by atoms with Gasteiger partial charge in [0.1, 0.15) is 85.4 Å². The van der Waals surface area contributed by atoms with Gasteiger partial charge in [-0.05, 0) is 104 Å². The van der Waals surface area contributed by atoms with Gasteiger partial charge in [-0.2, -0.15) is 0 Å². The maximum Gasteiger partial charge on any atom is 0.311 e. The number of nitrogens with one attached hydrogen (secondary N) is 1. The second kappa shape index (κ2) is 50.0. The number of carbonyl (C=O) groups is 3. The second-order valence-corrected chi connectivity index (χ2v) is 37.1. The largest absolute Gasteiger partial charge is 0.454 e. The number of allylic oxidation sites excluding steroid dienone is 1.